The minimum atomic E-state index is -1.26. The lowest BCUT2D eigenvalue weighted by Crippen LogP contribution is -2.10. The van der Waals surface area contributed by atoms with Crippen molar-refractivity contribution in [1.29, 1.82) is 0 Å². The first-order chi connectivity index (χ1) is 6.91. The van der Waals surface area contributed by atoms with Crippen molar-refractivity contribution in [3.05, 3.63) is 21.9 Å². The summed E-state index contributed by atoms with van der Waals surface area (Å²) in [6.07, 6.45) is 0. The molecule has 1 N–H and O–H groups in total. The Kier molecular flexibility index (Phi) is 3.03. The monoisotopic (exact) mass is 213 g/mol. The van der Waals surface area contributed by atoms with Gasteiger partial charge in [-0.3, -0.25) is 0 Å². The van der Waals surface area contributed by atoms with Crippen molar-refractivity contribution >= 4 is 11.8 Å². The van der Waals surface area contributed by atoms with Crippen molar-refractivity contribution in [2.24, 2.45) is 5.92 Å². The molecular weight excluding hydrogens is 202 g/mol. The zero-order valence-corrected chi connectivity index (χ0v) is 8.38. The van der Waals surface area contributed by atoms with Crippen LogP contribution in [-0.2, 0) is 6.54 Å². The number of nitrogens with zero attached hydrogens (tertiary/aromatic N) is 3. The maximum absolute atomic E-state index is 10.6. The average Bonchev–Trinajstić information content (AvgIpc) is 2.46. The summed E-state index contributed by atoms with van der Waals surface area (Å²) < 4.78 is 1.11. The van der Waals surface area contributed by atoms with Gasteiger partial charge >= 0.3 is 11.8 Å². The van der Waals surface area contributed by atoms with E-state index in [0.717, 1.165) is 10.7 Å². The van der Waals surface area contributed by atoms with Gasteiger partial charge in [0.15, 0.2) is 5.69 Å². The van der Waals surface area contributed by atoms with Gasteiger partial charge in [0.1, 0.15) is 6.54 Å². The van der Waals surface area contributed by atoms with Crippen LogP contribution >= 0.6 is 0 Å². The molecule has 0 saturated carbocycles. The molecule has 0 atom stereocenters. The standard InChI is InChI=1S/C8H11N3O4/c1-5(2)4-10-7(11(14)15)3-6(9-10)8(12)13/h3,5H,4H2,1-2H3,(H,12,13). The van der Waals surface area contributed by atoms with Crippen molar-refractivity contribution in [2.75, 3.05) is 0 Å². The van der Waals surface area contributed by atoms with Crippen molar-refractivity contribution in [2.45, 2.75) is 20.4 Å². The zero-order chi connectivity index (χ0) is 11.6. The summed E-state index contributed by atoms with van der Waals surface area (Å²) in [5.41, 5.74) is -0.303. The van der Waals surface area contributed by atoms with E-state index in [-0.39, 0.29) is 17.4 Å². The van der Waals surface area contributed by atoms with Crippen LogP contribution in [0.5, 0.6) is 0 Å². The van der Waals surface area contributed by atoms with Gasteiger partial charge in [0, 0.05) is 0 Å². The fourth-order valence-corrected chi connectivity index (χ4v) is 1.14. The van der Waals surface area contributed by atoms with E-state index < -0.39 is 10.9 Å². The van der Waals surface area contributed by atoms with Crippen molar-refractivity contribution in [3.8, 4) is 0 Å². The van der Waals surface area contributed by atoms with E-state index in [0.29, 0.717) is 6.54 Å². The Morgan fingerprint density at radius 3 is 2.73 bits per heavy atom. The van der Waals surface area contributed by atoms with Gasteiger partial charge < -0.3 is 15.2 Å². The zero-order valence-electron chi connectivity index (χ0n) is 8.38. The largest absolute Gasteiger partial charge is 0.476 e. The number of hydrogen-bond donors (Lipinski definition) is 1. The van der Waals surface area contributed by atoms with Gasteiger partial charge in [-0.1, -0.05) is 18.9 Å². The van der Waals surface area contributed by atoms with Gasteiger partial charge in [0.2, 0.25) is 0 Å². The maximum atomic E-state index is 10.6. The highest BCUT2D eigenvalue weighted by molar-refractivity contribution is 5.85. The van der Waals surface area contributed by atoms with Crippen LogP contribution in [0.1, 0.15) is 24.3 Å². The number of hydrogen-bond acceptors (Lipinski definition) is 4. The van der Waals surface area contributed by atoms with Gasteiger partial charge in [-0.2, -0.15) is 0 Å². The predicted octanol–water partition coefficient (Wildman–Crippen LogP) is 1.15. The highest BCUT2D eigenvalue weighted by atomic mass is 16.6. The van der Waals surface area contributed by atoms with Crippen molar-refractivity contribution in [3.63, 3.8) is 0 Å². The van der Waals surface area contributed by atoms with E-state index >= 15 is 0 Å². The molecule has 1 aromatic heterocycles. The number of rotatable bonds is 4. The molecule has 0 aliphatic heterocycles. The summed E-state index contributed by atoms with van der Waals surface area (Å²) in [6.45, 7) is 4.06. The Bertz CT molecular complexity index is 397. The SMILES string of the molecule is CC(C)Cn1nc(C(=O)O)cc1[N+](=O)[O-]. The molecule has 0 fully saturated rings. The van der Waals surface area contributed by atoms with Crippen LogP contribution in [0, 0.1) is 16.0 Å². The van der Waals surface area contributed by atoms with Gasteiger partial charge in [0.25, 0.3) is 0 Å². The molecule has 82 valence electrons. The Hall–Kier alpha value is -1.92. The molecule has 0 saturated heterocycles. The molecule has 7 heteroatoms. The van der Waals surface area contributed by atoms with E-state index in [9.17, 15) is 14.9 Å². The molecule has 1 rings (SSSR count). The third-order valence-electron chi connectivity index (χ3n) is 1.70. The van der Waals surface area contributed by atoms with Crippen LogP contribution in [0.15, 0.2) is 6.07 Å². The molecule has 0 amide bonds. The molecule has 15 heavy (non-hydrogen) atoms. The van der Waals surface area contributed by atoms with Gasteiger partial charge in [-0.15, -0.1) is 4.68 Å². The Morgan fingerprint density at radius 2 is 2.33 bits per heavy atom. The number of carboxylic acids is 1. The fraction of sp³-hybridized carbons (Fsp3) is 0.500. The second kappa shape index (κ2) is 4.07. The van der Waals surface area contributed by atoms with Crippen molar-refractivity contribution in [1.82, 2.24) is 9.78 Å². The number of aromatic nitrogens is 2. The summed E-state index contributed by atoms with van der Waals surface area (Å²) in [6, 6.07) is 0.963. The van der Waals surface area contributed by atoms with E-state index in [1.165, 1.54) is 0 Å². The third-order valence-corrected chi connectivity index (χ3v) is 1.70. The quantitative estimate of drug-likeness (QED) is 0.597. The van der Waals surface area contributed by atoms with Crippen LogP contribution < -0.4 is 0 Å². The summed E-state index contributed by atoms with van der Waals surface area (Å²) in [4.78, 5) is 20.5. The van der Waals surface area contributed by atoms with Gasteiger partial charge in [-0.25, -0.2) is 4.79 Å². The summed E-state index contributed by atoms with van der Waals surface area (Å²) in [5, 5.41) is 22.9. The summed E-state index contributed by atoms with van der Waals surface area (Å²) >= 11 is 0. The van der Waals surface area contributed by atoms with Crippen LogP contribution in [0.3, 0.4) is 0 Å². The number of carboxylic acid groups (broad SMARTS) is 1. The average molecular weight is 213 g/mol. The normalized spacial score (nSPS) is 10.6. The molecule has 0 radical (unpaired) electrons. The third kappa shape index (κ3) is 2.52. The molecule has 0 aromatic carbocycles. The molecule has 0 aliphatic carbocycles. The lowest BCUT2D eigenvalue weighted by molar-refractivity contribution is -0.392. The fourth-order valence-electron chi connectivity index (χ4n) is 1.14. The molecule has 0 spiro atoms. The Labute approximate surface area is 85.5 Å². The van der Waals surface area contributed by atoms with Gasteiger partial charge in [-0.05, 0) is 10.8 Å². The molecule has 0 bridgehead atoms. The topological polar surface area (TPSA) is 98.3 Å². The Balaban J connectivity index is 3.11. The molecular formula is C8H11N3O4. The molecule has 0 unspecified atom stereocenters. The molecule has 1 aromatic rings. The van der Waals surface area contributed by atoms with Crippen LogP contribution in [0.2, 0.25) is 0 Å². The second-order valence-electron chi connectivity index (χ2n) is 3.53. The second-order valence-corrected chi connectivity index (χ2v) is 3.53. The van der Waals surface area contributed by atoms with Crippen molar-refractivity contribution < 1.29 is 14.8 Å². The molecule has 7 nitrogen and oxygen atoms in total. The summed E-state index contributed by atoms with van der Waals surface area (Å²) in [5.74, 6) is -1.40. The van der Waals surface area contributed by atoms with Crippen LogP contribution in [-0.4, -0.2) is 25.8 Å². The summed E-state index contributed by atoms with van der Waals surface area (Å²) in [7, 11) is 0. The first kappa shape index (κ1) is 11.2. The van der Waals surface area contributed by atoms with Crippen LogP contribution in [0.25, 0.3) is 0 Å². The van der Waals surface area contributed by atoms with Crippen LogP contribution in [0.4, 0.5) is 5.82 Å². The number of nitro groups is 1. The number of aromatic carboxylic acids is 1. The molecule has 1 heterocycles. The highest BCUT2D eigenvalue weighted by Gasteiger charge is 2.22. The smallest absolute Gasteiger partial charge is 0.358 e. The van der Waals surface area contributed by atoms with E-state index in [4.69, 9.17) is 5.11 Å². The minimum absolute atomic E-state index is 0.158. The lowest BCUT2D eigenvalue weighted by atomic mass is 10.2. The van der Waals surface area contributed by atoms with E-state index in [1.54, 1.807) is 0 Å². The van der Waals surface area contributed by atoms with E-state index in [1.807, 2.05) is 13.8 Å². The number of carbonyl (C=O) groups is 1. The minimum Gasteiger partial charge on any atom is -0.476 e. The first-order valence-electron chi connectivity index (χ1n) is 4.37. The van der Waals surface area contributed by atoms with E-state index in [2.05, 4.69) is 5.10 Å². The lowest BCUT2D eigenvalue weighted by Gasteiger charge is -2.01. The molecule has 0 aliphatic rings. The first-order valence-corrected chi connectivity index (χ1v) is 4.37. The Morgan fingerprint density at radius 1 is 1.73 bits per heavy atom. The predicted molar refractivity (Wildman–Crippen MR) is 50.7 cm³/mol. The maximum Gasteiger partial charge on any atom is 0.358 e. The van der Waals surface area contributed by atoms with Gasteiger partial charge in [0.05, 0.1) is 6.07 Å². The highest BCUT2D eigenvalue weighted by Crippen LogP contribution is 2.15.